The van der Waals surface area contributed by atoms with Crippen molar-refractivity contribution in [3.05, 3.63) is 51.5 Å². The van der Waals surface area contributed by atoms with Crippen molar-refractivity contribution >= 4 is 44.6 Å². The molecule has 0 unspecified atom stereocenters. The van der Waals surface area contributed by atoms with Crippen molar-refractivity contribution in [2.24, 2.45) is 0 Å². The fourth-order valence-corrected chi connectivity index (χ4v) is 2.37. The van der Waals surface area contributed by atoms with Gasteiger partial charge in [0.15, 0.2) is 0 Å². The summed E-state index contributed by atoms with van der Waals surface area (Å²) in [6.45, 7) is 0. The quantitative estimate of drug-likeness (QED) is 0.695. The molecule has 0 bridgehead atoms. The van der Waals surface area contributed by atoms with Gasteiger partial charge in [-0.25, -0.2) is 0 Å². The summed E-state index contributed by atoms with van der Waals surface area (Å²) < 4.78 is 38.3. The van der Waals surface area contributed by atoms with Crippen LogP contribution in [-0.2, 0) is 6.18 Å². The average molecular weight is 366 g/mol. The van der Waals surface area contributed by atoms with Gasteiger partial charge in [-0.3, -0.25) is 0 Å². The molecule has 3 N–H and O–H groups in total. The minimum Gasteiger partial charge on any atom is -0.397 e. The predicted octanol–water partition coefficient (Wildman–Crippen LogP) is 5.45. The first-order valence-corrected chi connectivity index (χ1v) is 6.63. The number of alkyl halides is 3. The Morgan fingerprint density at radius 2 is 1.70 bits per heavy atom. The van der Waals surface area contributed by atoms with Crippen molar-refractivity contribution in [1.82, 2.24) is 0 Å². The van der Waals surface area contributed by atoms with Gasteiger partial charge in [0, 0.05) is 9.50 Å². The summed E-state index contributed by atoms with van der Waals surface area (Å²) >= 11 is 9.12. The molecule has 0 aromatic heterocycles. The molecule has 7 heteroatoms. The molecule has 0 atom stereocenters. The Kier molecular flexibility index (Phi) is 4.15. The number of rotatable bonds is 2. The molecule has 0 heterocycles. The maximum absolute atomic E-state index is 12.5. The Morgan fingerprint density at radius 3 is 2.25 bits per heavy atom. The Bertz CT molecular complexity index is 644. The number of anilines is 3. The standard InChI is InChI=1S/C13H9BrClF3N2/c14-9-6-8(15)2-4-11(9)20-12-3-1-7(5-10(12)19)13(16,17)18/h1-6,20H,19H2. The Labute approximate surface area is 126 Å². The van der Waals surface area contributed by atoms with E-state index in [4.69, 9.17) is 17.3 Å². The van der Waals surface area contributed by atoms with Crippen LogP contribution in [0.15, 0.2) is 40.9 Å². The van der Waals surface area contributed by atoms with Gasteiger partial charge in [0.1, 0.15) is 0 Å². The largest absolute Gasteiger partial charge is 0.416 e. The van der Waals surface area contributed by atoms with Crippen LogP contribution in [0, 0.1) is 0 Å². The van der Waals surface area contributed by atoms with E-state index in [1.165, 1.54) is 6.07 Å². The summed E-state index contributed by atoms with van der Waals surface area (Å²) in [6, 6.07) is 8.19. The van der Waals surface area contributed by atoms with Crippen molar-refractivity contribution in [1.29, 1.82) is 0 Å². The molecule has 0 fully saturated rings. The van der Waals surface area contributed by atoms with E-state index >= 15 is 0 Å². The van der Waals surface area contributed by atoms with E-state index in [2.05, 4.69) is 21.2 Å². The van der Waals surface area contributed by atoms with Crippen LogP contribution in [-0.4, -0.2) is 0 Å². The zero-order chi connectivity index (χ0) is 14.9. The van der Waals surface area contributed by atoms with Gasteiger partial charge in [-0.1, -0.05) is 11.6 Å². The molecule has 0 aliphatic heterocycles. The minimum atomic E-state index is -4.41. The molecule has 2 rings (SSSR count). The fraction of sp³-hybridized carbons (Fsp3) is 0.0769. The third-order valence-electron chi connectivity index (χ3n) is 2.58. The highest BCUT2D eigenvalue weighted by molar-refractivity contribution is 9.10. The van der Waals surface area contributed by atoms with E-state index in [9.17, 15) is 13.2 Å². The van der Waals surface area contributed by atoms with Crippen molar-refractivity contribution < 1.29 is 13.2 Å². The molecule has 0 aliphatic rings. The lowest BCUT2D eigenvalue weighted by molar-refractivity contribution is -0.137. The third kappa shape index (κ3) is 3.37. The fourth-order valence-electron chi connectivity index (χ4n) is 1.59. The van der Waals surface area contributed by atoms with Gasteiger partial charge < -0.3 is 11.1 Å². The molecule has 2 aromatic carbocycles. The topological polar surface area (TPSA) is 38.0 Å². The second-order valence-corrected chi connectivity index (χ2v) is 5.34. The van der Waals surface area contributed by atoms with Gasteiger partial charge in [-0.15, -0.1) is 0 Å². The molecule has 0 spiro atoms. The van der Waals surface area contributed by atoms with Gasteiger partial charge in [-0.05, 0) is 52.3 Å². The summed E-state index contributed by atoms with van der Waals surface area (Å²) in [7, 11) is 0. The second-order valence-electron chi connectivity index (χ2n) is 4.05. The number of halogens is 5. The summed E-state index contributed by atoms with van der Waals surface area (Å²) in [6.07, 6.45) is -4.41. The second kappa shape index (κ2) is 5.54. The monoisotopic (exact) mass is 364 g/mol. The molecule has 0 radical (unpaired) electrons. The van der Waals surface area contributed by atoms with Crippen LogP contribution in [0.2, 0.25) is 5.02 Å². The highest BCUT2D eigenvalue weighted by atomic mass is 79.9. The van der Waals surface area contributed by atoms with Crippen LogP contribution < -0.4 is 11.1 Å². The number of hydrogen-bond donors (Lipinski definition) is 2. The zero-order valence-electron chi connectivity index (χ0n) is 9.93. The number of benzene rings is 2. The minimum absolute atomic E-state index is 0.0154. The van der Waals surface area contributed by atoms with Crippen molar-refractivity contribution in [3.8, 4) is 0 Å². The molecule has 2 nitrogen and oxygen atoms in total. The van der Waals surface area contributed by atoms with Crippen molar-refractivity contribution in [2.45, 2.75) is 6.18 Å². The molecular formula is C13H9BrClF3N2. The number of nitrogen functional groups attached to an aromatic ring is 1. The molecule has 0 aliphatic carbocycles. The Balaban J connectivity index is 2.30. The number of hydrogen-bond acceptors (Lipinski definition) is 2. The van der Waals surface area contributed by atoms with Gasteiger partial charge >= 0.3 is 6.18 Å². The van der Waals surface area contributed by atoms with E-state index < -0.39 is 11.7 Å². The average Bonchev–Trinajstić information content (AvgIpc) is 2.33. The molecule has 0 saturated carbocycles. The molecule has 2 aromatic rings. The van der Waals surface area contributed by atoms with Crippen LogP contribution in [0.25, 0.3) is 0 Å². The lowest BCUT2D eigenvalue weighted by Gasteiger charge is -2.13. The van der Waals surface area contributed by atoms with Crippen LogP contribution in [0.5, 0.6) is 0 Å². The van der Waals surface area contributed by atoms with Gasteiger partial charge in [0.05, 0.1) is 22.6 Å². The highest BCUT2D eigenvalue weighted by Gasteiger charge is 2.30. The molecule has 0 saturated heterocycles. The summed E-state index contributed by atoms with van der Waals surface area (Å²) in [4.78, 5) is 0. The Hall–Kier alpha value is -1.40. The lowest BCUT2D eigenvalue weighted by Crippen LogP contribution is -2.06. The smallest absolute Gasteiger partial charge is 0.397 e. The SMILES string of the molecule is Nc1cc(C(F)(F)F)ccc1Nc1ccc(Cl)cc1Br. The van der Waals surface area contributed by atoms with E-state index in [0.29, 0.717) is 20.9 Å². The zero-order valence-corrected chi connectivity index (χ0v) is 12.3. The molecule has 20 heavy (non-hydrogen) atoms. The van der Waals surface area contributed by atoms with Gasteiger partial charge in [0.25, 0.3) is 0 Å². The maximum atomic E-state index is 12.5. The van der Waals surface area contributed by atoms with E-state index in [-0.39, 0.29) is 5.69 Å². The van der Waals surface area contributed by atoms with Crippen LogP contribution in [0.3, 0.4) is 0 Å². The van der Waals surface area contributed by atoms with Gasteiger partial charge in [0.2, 0.25) is 0 Å². The third-order valence-corrected chi connectivity index (χ3v) is 3.47. The van der Waals surface area contributed by atoms with Crippen molar-refractivity contribution in [2.75, 3.05) is 11.1 Å². The summed E-state index contributed by atoms with van der Waals surface area (Å²) in [5.41, 5.74) is 5.92. The van der Waals surface area contributed by atoms with Crippen LogP contribution in [0.1, 0.15) is 5.56 Å². The van der Waals surface area contributed by atoms with Crippen LogP contribution in [0.4, 0.5) is 30.2 Å². The summed E-state index contributed by atoms with van der Waals surface area (Å²) in [5, 5.41) is 3.49. The van der Waals surface area contributed by atoms with E-state index in [1.807, 2.05) is 0 Å². The first-order valence-electron chi connectivity index (χ1n) is 5.46. The van der Waals surface area contributed by atoms with E-state index in [0.717, 1.165) is 12.1 Å². The lowest BCUT2D eigenvalue weighted by atomic mass is 10.1. The predicted molar refractivity (Wildman–Crippen MR) is 78.3 cm³/mol. The van der Waals surface area contributed by atoms with Gasteiger partial charge in [-0.2, -0.15) is 13.2 Å². The number of nitrogens with one attached hydrogen (secondary N) is 1. The normalized spacial score (nSPS) is 11.4. The van der Waals surface area contributed by atoms with Crippen molar-refractivity contribution in [3.63, 3.8) is 0 Å². The van der Waals surface area contributed by atoms with Crippen LogP contribution >= 0.6 is 27.5 Å². The maximum Gasteiger partial charge on any atom is 0.416 e. The Morgan fingerprint density at radius 1 is 1.05 bits per heavy atom. The van der Waals surface area contributed by atoms with E-state index in [1.54, 1.807) is 18.2 Å². The number of nitrogens with two attached hydrogens (primary N) is 1. The molecule has 106 valence electrons. The highest BCUT2D eigenvalue weighted by Crippen LogP contribution is 2.35. The molecular weight excluding hydrogens is 357 g/mol. The molecule has 0 amide bonds. The first kappa shape index (κ1) is 15.0. The summed E-state index contributed by atoms with van der Waals surface area (Å²) in [5.74, 6) is 0. The first-order chi connectivity index (χ1) is 9.27.